The Morgan fingerprint density at radius 2 is 1.97 bits per heavy atom. The van der Waals surface area contributed by atoms with Crippen LogP contribution in [0.1, 0.15) is 37.1 Å². The SMILES string of the molecule is O=C(N1CCC(OCc2nc(-c3cnccn3)no2)CC1)C1(c2ccccc2)CC1. The van der Waals surface area contributed by atoms with Gasteiger partial charge in [0, 0.05) is 25.5 Å². The number of nitrogens with zero attached hydrogens (tertiary/aromatic N) is 5. The Morgan fingerprint density at radius 1 is 1.17 bits per heavy atom. The van der Waals surface area contributed by atoms with Gasteiger partial charge in [-0.25, -0.2) is 4.98 Å². The van der Waals surface area contributed by atoms with Crippen LogP contribution >= 0.6 is 0 Å². The van der Waals surface area contributed by atoms with Crippen LogP contribution in [-0.4, -0.2) is 50.1 Å². The van der Waals surface area contributed by atoms with Crippen LogP contribution in [0.15, 0.2) is 53.4 Å². The largest absolute Gasteiger partial charge is 0.368 e. The zero-order chi connectivity index (χ0) is 20.4. The Hall–Kier alpha value is -3.13. The first-order valence-electron chi connectivity index (χ1n) is 10.3. The number of piperidine rings is 1. The lowest BCUT2D eigenvalue weighted by molar-refractivity contribution is -0.136. The van der Waals surface area contributed by atoms with Crippen LogP contribution in [-0.2, 0) is 21.6 Å². The lowest BCUT2D eigenvalue weighted by Crippen LogP contribution is -2.45. The number of aromatic nitrogens is 4. The van der Waals surface area contributed by atoms with E-state index in [1.165, 1.54) is 0 Å². The Balaban J connectivity index is 1.13. The van der Waals surface area contributed by atoms with Crippen molar-refractivity contribution in [3.63, 3.8) is 0 Å². The maximum absolute atomic E-state index is 13.1. The summed E-state index contributed by atoms with van der Waals surface area (Å²) < 4.78 is 11.2. The van der Waals surface area contributed by atoms with E-state index in [1.807, 2.05) is 23.1 Å². The molecule has 8 nitrogen and oxygen atoms in total. The van der Waals surface area contributed by atoms with Gasteiger partial charge in [0.1, 0.15) is 12.3 Å². The Bertz CT molecular complexity index is 996. The van der Waals surface area contributed by atoms with Crippen molar-refractivity contribution in [3.8, 4) is 11.5 Å². The molecule has 0 spiro atoms. The van der Waals surface area contributed by atoms with E-state index in [-0.39, 0.29) is 24.0 Å². The summed E-state index contributed by atoms with van der Waals surface area (Å²) in [7, 11) is 0. The molecule has 0 radical (unpaired) electrons. The predicted molar refractivity (Wildman–Crippen MR) is 107 cm³/mol. The summed E-state index contributed by atoms with van der Waals surface area (Å²) in [5, 5.41) is 3.93. The summed E-state index contributed by atoms with van der Waals surface area (Å²) in [6, 6.07) is 10.2. The van der Waals surface area contributed by atoms with Crippen molar-refractivity contribution in [1.82, 2.24) is 25.0 Å². The summed E-state index contributed by atoms with van der Waals surface area (Å²) in [6.07, 6.45) is 8.34. The molecular weight excluding hydrogens is 382 g/mol. The normalized spacial score (nSPS) is 18.3. The molecular formula is C22H23N5O3. The lowest BCUT2D eigenvalue weighted by Gasteiger charge is -2.34. The number of carbonyl (C=O) groups is 1. The van der Waals surface area contributed by atoms with Gasteiger partial charge < -0.3 is 14.2 Å². The standard InChI is InChI=1S/C22H23N5O3/c28-21(22(8-9-22)16-4-2-1-3-5-16)27-12-6-17(7-13-27)29-15-19-25-20(26-30-19)18-14-23-10-11-24-18/h1-5,10-11,14,17H,6-9,12-13,15H2. The molecule has 5 rings (SSSR count). The molecule has 1 aliphatic heterocycles. The van der Waals surface area contributed by atoms with Crippen LogP contribution in [0.2, 0.25) is 0 Å². The van der Waals surface area contributed by atoms with E-state index in [2.05, 4.69) is 32.2 Å². The number of hydrogen-bond donors (Lipinski definition) is 0. The fraction of sp³-hybridized carbons (Fsp3) is 0.409. The molecule has 3 heterocycles. The Morgan fingerprint density at radius 3 is 2.67 bits per heavy atom. The fourth-order valence-electron chi connectivity index (χ4n) is 4.06. The first-order chi connectivity index (χ1) is 14.7. The molecule has 0 bridgehead atoms. The quantitative estimate of drug-likeness (QED) is 0.622. The van der Waals surface area contributed by atoms with Crippen LogP contribution < -0.4 is 0 Å². The van der Waals surface area contributed by atoms with Crippen LogP contribution in [0.4, 0.5) is 0 Å². The van der Waals surface area contributed by atoms with E-state index in [1.54, 1.807) is 18.6 Å². The van der Waals surface area contributed by atoms with Crippen molar-refractivity contribution in [3.05, 3.63) is 60.4 Å². The number of benzene rings is 1. The Kier molecular flexibility index (Phi) is 5.00. The van der Waals surface area contributed by atoms with Crippen molar-refractivity contribution in [2.24, 2.45) is 0 Å². The highest BCUT2D eigenvalue weighted by Crippen LogP contribution is 2.49. The number of rotatable bonds is 6. The molecule has 1 saturated heterocycles. The minimum atomic E-state index is -0.296. The van der Waals surface area contributed by atoms with Gasteiger partial charge in [0.15, 0.2) is 0 Å². The lowest BCUT2D eigenvalue weighted by atomic mass is 9.93. The number of ether oxygens (including phenoxy) is 1. The summed E-state index contributed by atoms with van der Waals surface area (Å²) in [4.78, 5) is 27.6. The second-order valence-electron chi connectivity index (χ2n) is 7.85. The number of amides is 1. The highest BCUT2D eigenvalue weighted by Gasteiger charge is 2.53. The van der Waals surface area contributed by atoms with Crippen LogP contribution in [0.25, 0.3) is 11.5 Å². The zero-order valence-electron chi connectivity index (χ0n) is 16.6. The van der Waals surface area contributed by atoms with E-state index in [0.29, 0.717) is 30.5 Å². The van der Waals surface area contributed by atoms with Gasteiger partial charge in [-0.15, -0.1) is 0 Å². The molecule has 8 heteroatoms. The van der Waals surface area contributed by atoms with Gasteiger partial charge in [-0.2, -0.15) is 4.98 Å². The van der Waals surface area contributed by atoms with Crippen molar-refractivity contribution in [2.75, 3.05) is 13.1 Å². The fourth-order valence-corrected chi connectivity index (χ4v) is 4.06. The molecule has 1 amide bonds. The molecule has 2 fully saturated rings. The summed E-state index contributed by atoms with van der Waals surface area (Å²) >= 11 is 0. The minimum absolute atomic E-state index is 0.0767. The molecule has 0 atom stereocenters. The molecule has 154 valence electrons. The smallest absolute Gasteiger partial charge is 0.253 e. The van der Waals surface area contributed by atoms with E-state index in [4.69, 9.17) is 9.26 Å². The maximum atomic E-state index is 13.1. The third kappa shape index (κ3) is 3.70. The van der Waals surface area contributed by atoms with E-state index in [9.17, 15) is 4.79 Å². The second-order valence-corrected chi connectivity index (χ2v) is 7.85. The van der Waals surface area contributed by atoms with Crippen molar-refractivity contribution in [1.29, 1.82) is 0 Å². The van der Waals surface area contributed by atoms with E-state index in [0.717, 1.165) is 31.2 Å². The van der Waals surface area contributed by atoms with Gasteiger partial charge in [0.05, 0.1) is 17.7 Å². The molecule has 0 unspecified atom stereocenters. The second kappa shape index (κ2) is 7.95. The Labute approximate surface area is 174 Å². The molecule has 1 saturated carbocycles. The summed E-state index contributed by atoms with van der Waals surface area (Å²) in [6.45, 7) is 1.68. The summed E-state index contributed by atoms with van der Waals surface area (Å²) in [5.74, 6) is 1.07. The molecule has 30 heavy (non-hydrogen) atoms. The highest BCUT2D eigenvalue weighted by atomic mass is 16.5. The predicted octanol–water partition coefficient (Wildman–Crippen LogP) is 2.77. The van der Waals surface area contributed by atoms with Crippen LogP contribution in [0, 0.1) is 0 Å². The zero-order valence-corrected chi connectivity index (χ0v) is 16.6. The van der Waals surface area contributed by atoms with Gasteiger partial charge in [-0.05, 0) is 31.2 Å². The third-order valence-electron chi connectivity index (χ3n) is 5.92. The van der Waals surface area contributed by atoms with Gasteiger partial charge in [0.25, 0.3) is 5.89 Å². The molecule has 0 N–H and O–H groups in total. The molecule has 2 aliphatic rings. The molecule has 1 aromatic carbocycles. The molecule has 2 aromatic heterocycles. The third-order valence-corrected chi connectivity index (χ3v) is 5.92. The monoisotopic (exact) mass is 405 g/mol. The maximum Gasteiger partial charge on any atom is 0.253 e. The van der Waals surface area contributed by atoms with Crippen molar-refractivity contribution < 1.29 is 14.1 Å². The molecule has 1 aliphatic carbocycles. The topological polar surface area (TPSA) is 94.2 Å². The van der Waals surface area contributed by atoms with Crippen LogP contribution in [0.3, 0.4) is 0 Å². The molecule has 3 aromatic rings. The van der Waals surface area contributed by atoms with Gasteiger partial charge >= 0.3 is 0 Å². The van der Waals surface area contributed by atoms with Gasteiger partial charge in [-0.3, -0.25) is 9.78 Å². The number of carbonyl (C=O) groups excluding carboxylic acids is 1. The highest BCUT2D eigenvalue weighted by molar-refractivity contribution is 5.91. The van der Waals surface area contributed by atoms with E-state index >= 15 is 0 Å². The van der Waals surface area contributed by atoms with Crippen LogP contribution in [0.5, 0.6) is 0 Å². The van der Waals surface area contributed by atoms with Gasteiger partial charge in [-0.1, -0.05) is 35.5 Å². The number of hydrogen-bond acceptors (Lipinski definition) is 7. The minimum Gasteiger partial charge on any atom is -0.368 e. The summed E-state index contributed by atoms with van der Waals surface area (Å²) in [5.41, 5.74) is 1.41. The van der Waals surface area contributed by atoms with E-state index < -0.39 is 0 Å². The number of likely N-dealkylation sites (tertiary alicyclic amines) is 1. The van der Waals surface area contributed by atoms with Crippen molar-refractivity contribution in [2.45, 2.75) is 43.8 Å². The first kappa shape index (κ1) is 18.9. The first-order valence-corrected chi connectivity index (χ1v) is 10.3. The van der Waals surface area contributed by atoms with Gasteiger partial charge in [0.2, 0.25) is 11.7 Å². The van der Waals surface area contributed by atoms with Crippen molar-refractivity contribution >= 4 is 5.91 Å². The average molecular weight is 405 g/mol. The average Bonchev–Trinajstić information content (AvgIpc) is 3.50.